The Morgan fingerprint density at radius 3 is 2.32 bits per heavy atom. The van der Waals surface area contributed by atoms with Crippen molar-refractivity contribution in [2.75, 3.05) is 0 Å². The van der Waals surface area contributed by atoms with Gasteiger partial charge in [0, 0.05) is 6.20 Å². The van der Waals surface area contributed by atoms with Crippen LogP contribution in [0.15, 0.2) is 58.6 Å². The van der Waals surface area contributed by atoms with E-state index in [2.05, 4.69) is 20.9 Å². The van der Waals surface area contributed by atoms with Gasteiger partial charge in [-0.2, -0.15) is 0 Å². The zero-order valence-corrected chi connectivity index (χ0v) is 15.0. The molecule has 0 bridgehead atoms. The Labute approximate surface area is 150 Å². The monoisotopic (exact) mass is 413 g/mol. The van der Waals surface area contributed by atoms with Gasteiger partial charge in [0.05, 0.1) is 14.9 Å². The molecule has 1 N–H and O–H groups in total. The van der Waals surface area contributed by atoms with Gasteiger partial charge in [0.2, 0.25) is 0 Å². The zero-order chi connectivity index (χ0) is 15.7. The third-order valence-corrected chi connectivity index (χ3v) is 5.69. The number of hydrogen-bond acceptors (Lipinski definition) is 3. The van der Waals surface area contributed by atoms with Crippen molar-refractivity contribution in [3.05, 3.63) is 84.7 Å². The van der Waals surface area contributed by atoms with Crippen LogP contribution in [0.3, 0.4) is 0 Å². The fourth-order valence-corrected chi connectivity index (χ4v) is 3.97. The highest BCUT2D eigenvalue weighted by Crippen LogP contribution is 2.41. The van der Waals surface area contributed by atoms with Crippen LogP contribution >= 0.6 is 50.5 Å². The molecule has 1 atom stereocenters. The molecule has 112 valence electrons. The predicted octanol–water partition coefficient (Wildman–Crippen LogP) is 5.50. The Morgan fingerprint density at radius 1 is 1.00 bits per heavy atom. The molecule has 3 aromatic rings. The van der Waals surface area contributed by atoms with E-state index in [0.29, 0.717) is 24.4 Å². The van der Waals surface area contributed by atoms with Crippen LogP contribution in [-0.4, -0.2) is 10.1 Å². The van der Waals surface area contributed by atoms with E-state index >= 15 is 0 Å². The molecule has 0 amide bonds. The summed E-state index contributed by atoms with van der Waals surface area (Å²) in [6, 6.07) is 14.6. The number of aliphatic hydroxyl groups is 1. The number of aromatic nitrogens is 1. The summed E-state index contributed by atoms with van der Waals surface area (Å²) in [4.78, 5) is 4.89. The second kappa shape index (κ2) is 6.30. The molecular formula is C16H10BrCl2NOS. The summed E-state index contributed by atoms with van der Waals surface area (Å²) < 4.78 is 0.705. The lowest BCUT2D eigenvalue weighted by atomic mass is 9.85. The maximum Gasteiger partial charge on any atom is 0.159 e. The summed E-state index contributed by atoms with van der Waals surface area (Å²) in [6.07, 6.45) is 1.66. The van der Waals surface area contributed by atoms with Crippen LogP contribution in [0.5, 0.6) is 0 Å². The third kappa shape index (κ3) is 2.82. The van der Waals surface area contributed by atoms with Gasteiger partial charge in [-0.05, 0) is 39.2 Å². The first-order chi connectivity index (χ1) is 10.5. The van der Waals surface area contributed by atoms with Crippen molar-refractivity contribution in [3.8, 4) is 0 Å². The summed E-state index contributed by atoms with van der Waals surface area (Å²) in [5.41, 5.74) is 0.0490. The van der Waals surface area contributed by atoms with Crippen LogP contribution in [0.25, 0.3) is 0 Å². The molecule has 0 fully saturated rings. The van der Waals surface area contributed by atoms with Crippen molar-refractivity contribution in [3.63, 3.8) is 0 Å². The molecule has 0 aliphatic rings. The van der Waals surface area contributed by atoms with E-state index in [1.165, 1.54) is 11.3 Å². The number of rotatable bonds is 3. The number of halogens is 3. The largest absolute Gasteiger partial charge is 0.375 e. The summed E-state index contributed by atoms with van der Waals surface area (Å²) in [7, 11) is 0. The molecular weight excluding hydrogens is 405 g/mol. The van der Waals surface area contributed by atoms with Gasteiger partial charge in [-0.1, -0.05) is 59.6 Å². The molecule has 2 aromatic carbocycles. The summed E-state index contributed by atoms with van der Waals surface area (Å²) in [5.74, 6) is 0. The Bertz CT molecular complexity index is 809. The predicted molar refractivity (Wildman–Crippen MR) is 94.8 cm³/mol. The van der Waals surface area contributed by atoms with E-state index in [4.69, 9.17) is 23.2 Å². The van der Waals surface area contributed by atoms with Gasteiger partial charge in [0.1, 0.15) is 0 Å². The van der Waals surface area contributed by atoms with Crippen LogP contribution in [-0.2, 0) is 5.60 Å². The first kappa shape index (κ1) is 16.0. The van der Waals surface area contributed by atoms with Crippen molar-refractivity contribution in [1.29, 1.82) is 0 Å². The maximum absolute atomic E-state index is 11.5. The van der Waals surface area contributed by atoms with Gasteiger partial charge in [0.25, 0.3) is 0 Å². The molecule has 0 aliphatic carbocycles. The molecule has 1 unspecified atom stereocenters. The molecule has 0 saturated carbocycles. The van der Waals surface area contributed by atoms with Crippen LogP contribution in [0, 0.1) is 0 Å². The number of hydrogen-bond donors (Lipinski definition) is 1. The molecule has 2 nitrogen and oxygen atoms in total. The summed E-state index contributed by atoms with van der Waals surface area (Å²) in [6.45, 7) is 0. The normalized spacial score (nSPS) is 13.8. The Hall–Kier alpha value is -0.910. The first-order valence-electron chi connectivity index (χ1n) is 6.37. The van der Waals surface area contributed by atoms with Gasteiger partial charge in [0.15, 0.2) is 9.52 Å². The lowest BCUT2D eigenvalue weighted by Gasteiger charge is -2.28. The van der Waals surface area contributed by atoms with Crippen molar-refractivity contribution in [2.45, 2.75) is 5.60 Å². The summed E-state index contributed by atoms with van der Waals surface area (Å²) in [5, 5.41) is 12.4. The van der Waals surface area contributed by atoms with Crippen molar-refractivity contribution < 1.29 is 5.11 Å². The fraction of sp³-hybridized carbons (Fsp3) is 0.0625. The Kier molecular flexibility index (Phi) is 4.57. The number of benzene rings is 2. The minimum atomic E-state index is -1.33. The van der Waals surface area contributed by atoms with E-state index in [9.17, 15) is 5.11 Å². The van der Waals surface area contributed by atoms with E-state index in [0.717, 1.165) is 5.56 Å². The third-order valence-electron chi connectivity index (χ3n) is 3.36. The zero-order valence-electron chi connectivity index (χ0n) is 11.1. The quantitative estimate of drug-likeness (QED) is 0.613. The molecule has 1 aromatic heterocycles. The fourth-order valence-electron chi connectivity index (χ4n) is 2.27. The maximum atomic E-state index is 11.5. The smallest absolute Gasteiger partial charge is 0.159 e. The highest BCUT2D eigenvalue weighted by atomic mass is 79.9. The SMILES string of the molecule is OC(c1ccccc1)(c1ccc(Cl)c(Cl)c1)c1cnc(Br)s1. The van der Waals surface area contributed by atoms with Gasteiger partial charge in [-0.25, -0.2) is 4.98 Å². The Balaban J connectivity index is 2.25. The summed E-state index contributed by atoms with van der Waals surface area (Å²) >= 11 is 16.9. The molecule has 0 aliphatic heterocycles. The van der Waals surface area contributed by atoms with E-state index < -0.39 is 5.60 Å². The van der Waals surface area contributed by atoms with Gasteiger partial charge in [-0.3, -0.25) is 0 Å². The molecule has 0 radical (unpaired) electrons. The van der Waals surface area contributed by atoms with Crippen LogP contribution in [0.2, 0.25) is 10.0 Å². The minimum Gasteiger partial charge on any atom is -0.375 e. The number of nitrogens with zero attached hydrogens (tertiary/aromatic N) is 1. The van der Waals surface area contributed by atoms with Crippen LogP contribution in [0.4, 0.5) is 0 Å². The minimum absolute atomic E-state index is 0.400. The van der Waals surface area contributed by atoms with E-state index in [-0.39, 0.29) is 0 Å². The molecule has 1 heterocycles. The van der Waals surface area contributed by atoms with Gasteiger partial charge < -0.3 is 5.11 Å². The lowest BCUT2D eigenvalue weighted by molar-refractivity contribution is 0.129. The lowest BCUT2D eigenvalue weighted by Crippen LogP contribution is -2.27. The first-order valence-corrected chi connectivity index (χ1v) is 8.73. The van der Waals surface area contributed by atoms with Crippen LogP contribution < -0.4 is 0 Å². The van der Waals surface area contributed by atoms with Gasteiger partial charge >= 0.3 is 0 Å². The van der Waals surface area contributed by atoms with E-state index in [1.54, 1.807) is 24.4 Å². The molecule has 0 saturated heterocycles. The second-order valence-corrected chi connectivity index (χ2v) is 7.80. The molecule has 3 rings (SSSR count). The highest BCUT2D eigenvalue weighted by molar-refractivity contribution is 9.11. The standard InChI is InChI=1S/C16H10BrCl2NOS/c17-15-20-9-14(22-15)16(21,10-4-2-1-3-5-10)11-6-7-12(18)13(19)8-11/h1-9,21H. The van der Waals surface area contributed by atoms with E-state index in [1.807, 2.05) is 30.3 Å². The molecule has 0 spiro atoms. The van der Waals surface area contributed by atoms with Crippen molar-refractivity contribution in [2.24, 2.45) is 0 Å². The topological polar surface area (TPSA) is 33.1 Å². The van der Waals surface area contributed by atoms with Crippen LogP contribution in [0.1, 0.15) is 16.0 Å². The highest BCUT2D eigenvalue weighted by Gasteiger charge is 2.36. The average molecular weight is 415 g/mol. The van der Waals surface area contributed by atoms with Gasteiger partial charge in [-0.15, -0.1) is 11.3 Å². The number of thiazole rings is 1. The van der Waals surface area contributed by atoms with Crippen molar-refractivity contribution in [1.82, 2.24) is 4.98 Å². The van der Waals surface area contributed by atoms with Crippen molar-refractivity contribution >= 4 is 50.5 Å². The molecule has 6 heteroatoms. The molecule has 22 heavy (non-hydrogen) atoms. The second-order valence-electron chi connectivity index (χ2n) is 4.68. The average Bonchev–Trinajstić information content (AvgIpc) is 2.97. The Morgan fingerprint density at radius 2 is 1.73 bits per heavy atom.